The van der Waals surface area contributed by atoms with Gasteiger partial charge in [-0.25, -0.2) is 0 Å². The Balaban J connectivity index is 3.85. The van der Waals surface area contributed by atoms with Gasteiger partial charge >= 0.3 is 5.97 Å². The summed E-state index contributed by atoms with van der Waals surface area (Å²) < 4.78 is 16.5. The van der Waals surface area contributed by atoms with E-state index in [1.807, 2.05) is 0 Å². The molecule has 0 fully saturated rings. The SMILES string of the molecule is CC(=O)O[C@H](COCCOC[C@H](O)CSC(C)(C)C)CSC(C)(C)C. The summed E-state index contributed by atoms with van der Waals surface area (Å²) in [5, 5.41) is 9.86. The number of hydrogen-bond acceptors (Lipinski definition) is 7. The van der Waals surface area contributed by atoms with Crippen LogP contribution in [-0.2, 0) is 19.0 Å². The molecule has 0 aromatic rings. The molecular weight excluding hydrogens is 360 g/mol. The number of carbonyl (C=O) groups excluding carboxylic acids is 1. The number of hydrogen-bond donors (Lipinski definition) is 1. The summed E-state index contributed by atoms with van der Waals surface area (Å²) >= 11 is 3.45. The van der Waals surface area contributed by atoms with Gasteiger partial charge in [0.1, 0.15) is 6.10 Å². The normalized spacial score (nSPS) is 15.0. The van der Waals surface area contributed by atoms with Crippen LogP contribution in [0.25, 0.3) is 0 Å². The molecule has 0 spiro atoms. The van der Waals surface area contributed by atoms with Gasteiger partial charge in [0, 0.05) is 27.9 Å². The van der Waals surface area contributed by atoms with E-state index in [9.17, 15) is 9.90 Å². The molecule has 150 valence electrons. The molecule has 0 heterocycles. The van der Waals surface area contributed by atoms with Crippen molar-refractivity contribution in [2.45, 2.75) is 70.2 Å². The van der Waals surface area contributed by atoms with Crippen molar-refractivity contribution < 1.29 is 24.1 Å². The number of ether oxygens (including phenoxy) is 3. The van der Waals surface area contributed by atoms with Gasteiger partial charge in [0.15, 0.2) is 0 Å². The number of aliphatic hydroxyl groups is 1. The van der Waals surface area contributed by atoms with Gasteiger partial charge in [-0.3, -0.25) is 4.79 Å². The number of rotatable bonds is 12. The van der Waals surface area contributed by atoms with Crippen LogP contribution in [0.3, 0.4) is 0 Å². The Morgan fingerprint density at radius 3 is 1.88 bits per heavy atom. The maximum absolute atomic E-state index is 11.2. The lowest BCUT2D eigenvalue weighted by molar-refractivity contribution is -0.148. The Labute approximate surface area is 161 Å². The molecule has 1 N–H and O–H groups in total. The van der Waals surface area contributed by atoms with Gasteiger partial charge in [0.05, 0.1) is 32.5 Å². The molecule has 5 nitrogen and oxygen atoms in total. The topological polar surface area (TPSA) is 65.0 Å². The van der Waals surface area contributed by atoms with Crippen molar-refractivity contribution in [3.8, 4) is 0 Å². The zero-order chi connectivity index (χ0) is 19.5. The van der Waals surface area contributed by atoms with E-state index in [0.29, 0.717) is 37.9 Å². The minimum atomic E-state index is -0.471. The van der Waals surface area contributed by atoms with Crippen LogP contribution >= 0.6 is 23.5 Å². The zero-order valence-electron chi connectivity index (χ0n) is 16.8. The quantitative estimate of drug-likeness (QED) is 0.401. The first-order valence-electron chi connectivity index (χ1n) is 8.68. The molecule has 0 rings (SSSR count). The first-order chi connectivity index (χ1) is 11.4. The van der Waals surface area contributed by atoms with Gasteiger partial charge in [-0.15, -0.1) is 0 Å². The van der Waals surface area contributed by atoms with Gasteiger partial charge in [-0.05, 0) is 0 Å². The Bertz CT molecular complexity index is 363. The number of esters is 1. The lowest BCUT2D eigenvalue weighted by Gasteiger charge is -2.23. The summed E-state index contributed by atoms with van der Waals surface area (Å²) in [6.45, 7) is 15.6. The molecule has 0 aromatic heterocycles. The first-order valence-corrected chi connectivity index (χ1v) is 10.6. The molecule has 0 aliphatic carbocycles. The van der Waals surface area contributed by atoms with Gasteiger partial charge < -0.3 is 19.3 Å². The van der Waals surface area contributed by atoms with E-state index in [-0.39, 0.29) is 21.6 Å². The van der Waals surface area contributed by atoms with Crippen LogP contribution in [0.5, 0.6) is 0 Å². The standard InChI is InChI=1S/C18H36O5S2/c1-14(19)23-16(13-25-18(5,6)7)11-22-9-8-21-10-15(20)12-24-17(2,3)4/h15-16,20H,8-13H2,1-7H3/t15-,16+/m0/s1. The molecule has 0 aliphatic rings. The predicted octanol–water partition coefficient (Wildman–Crippen LogP) is 3.38. The van der Waals surface area contributed by atoms with E-state index in [1.165, 1.54) is 6.92 Å². The Morgan fingerprint density at radius 2 is 1.40 bits per heavy atom. The van der Waals surface area contributed by atoms with E-state index in [4.69, 9.17) is 14.2 Å². The third-order valence-corrected chi connectivity index (χ3v) is 5.55. The van der Waals surface area contributed by atoms with Crippen molar-refractivity contribution in [2.24, 2.45) is 0 Å². The van der Waals surface area contributed by atoms with E-state index >= 15 is 0 Å². The third-order valence-electron chi connectivity index (χ3n) is 2.73. The number of aliphatic hydroxyl groups excluding tert-OH is 1. The fraction of sp³-hybridized carbons (Fsp3) is 0.944. The lowest BCUT2D eigenvalue weighted by Crippen LogP contribution is -2.28. The summed E-state index contributed by atoms with van der Waals surface area (Å²) in [6, 6.07) is 0. The van der Waals surface area contributed by atoms with Crippen molar-refractivity contribution in [1.29, 1.82) is 0 Å². The molecule has 25 heavy (non-hydrogen) atoms. The maximum Gasteiger partial charge on any atom is 0.303 e. The summed E-state index contributed by atoms with van der Waals surface area (Å²) in [5.74, 6) is 1.06. The van der Waals surface area contributed by atoms with Crippen molar-refractivity contribution in [3.05, 3.63) is 0 Å². The van der Waals surface area contributed by atoms with E-state index in [1.54, 1.807) is 23.5 Å². The largest absolute Gasteiger partial charge is 0.459 e. The van der Waals surface area contributed by atoms with Crippen LogP contribution in [0.4, 0.5) is 0 Å². The minimum Gasteiger partial charge on any atom is -0.459 e. The van der Waals surface area contributed by atoms with Gasteiger partial charge in [-0.2, -0.15) is 23.5 Å². The Morgan fingerprint density at radius 1 is 0.920 bits per heavy atom. The highest BCUT2D eigenvalue weighted by Gasteiger charge is 2.18. The fourth-order valence-corrected chi connectivity index (χ4v) is 3.28. The zero-order valence-corrected chi connectivity index (χ0v) is 18.4. The van der Waals surface area contributed by atoms with Crippen molar-refractivity contribution in [1.82, 2.24) is 0 Å². The molecule has 0 saturated heterocycles. The average molecular weight is 397 g/mol. The molecule has 7 heteroatoms. The highest BCUT2D eigenvalue weighted by Crippen LogP contribution is 2.25. The fourth-order valence-electron chi connectivity index (χ4n) is 1.64. The van der Waals surface area contributed by atoms with Crippen molar-refractivity contribution >= 4 is 29.5 Å². The van der Waals surface area contributed by atoms with E-state index in [0.717, 1.165) is 0 Å². The Kier molecular flexibility index (Phi) is 12.5. The smallest absolute Gasteiger partial charge is 0.303 e. The van der Waals surface area contributed by atoms with Crippen LogP contribution in [-0.4, -0.2) is 70.7 Å². The molecule has 0 aliphatic heterocycles. The van der Waals surface area contributed by atoms with Crippen LogP contribution < -0.4 is 0 Å². The molecule has 0 aromatic carbocycles. The third kappa shape index (κ3) is 18.6. The van der Waals surface area contributed by atoms with Crippen LogP contribution in [0.15, 0.2) is 0 Å². The van der Waals surface area contributed by atoms with E-state index in [2.05, 4.69) is 41.5 Å². The molecular formula is C18H36O5S2. The highest BCUT2D eigenvalue weighted by molar-refractivity contribution is 8.00. The molecule has 0 amide bonds. The Hall–Kier alpha value is 0.0500. The number of carbonyl (C=O) groups is 1. The summed E-state index contributed by atoms with van der Waals surface area (Å²) in [6.07, 6.45) is -0.725. The van der Waals surface area contributed by atoms with Crippen LogP contribution in [0.1, 0.15) is 48.5 Å². The lowest BCUT2D eigenvalue weighted by atomic mass is 10.3. The summed E-state index contributed by atoms with van der Waals surface area (Å²) in [4.78, 5) is 11.2. The molecule has 2 atom stereocenters. The van der Waals surface area contributed by atoms with Crippen LogP contribution in [0.2, 0.25) is 0 Å². The van der Waals surface area contributed by atoms with Crippen molar-refractivity contribution in [3.63, 3.8) is 0 Å². The maximum atomic E-state index is 11.2. The first kappa shape index (κ1) is 25.1. The summed E-state index contributed by atoms with van der Waals surface area (Å²) in [5.41, 5.74) is 0. The molecule has 0 unspecified atom stereocenters. The van der Waals surface area contributed by atoms with Gasteiger partial charge in [0.2, 0.25) is 0 Å². The van der Waals surface area contributed by atoms with Crippen molar-refractivity contribution in [2.75, 3.05) is 37.9 Å². The summed E-state index contributed by atoms with van der Waals surface area (Å²) in [7, 11) is 0. The monoisotopic (exact) mass is 396 g/mol. The second-order valence-corrected chi connectivity index (χ2v) is 11.6. The highest BCUT2D eigenvalue weighted by atomic mass is 32.2. The number of thioether (sulfide) groups is 2. The molecule has 0 radical (unpaired) electrons. The average Bonchev–Trinajstić information content (AvgIpc) is 2.43. The second-order valence-electron chi connectivity index (χ2n) is 7.88. The van der Waals surface area contributed by atoms with Gasteiger partial charge in [0.25, 0.3) is 0 Å². The van der Waals surface area contributed by atoms with Gasteiger partial charge in [-0.1, -0.05) is 41.5 Å². The molecule has 0 saturated carbocycles. The predicted molar refractivity (Wildman–Crippen MR) is 108 cm³/mol. The van der Waals surface area contributed by atoms with E-state index < -0.39 is 6.10 Å². The minimum absolute atomic E-state index is 0.114. The van der Waals surface area contributed by atoms with Crippen LogP contribution in [0, 0.1) is 0 Å². The second kappa shape index (κ2) is 12.4. The molecule has 0 bridgehead atoms.